The standard InChI is InChI=1S/C22H23F3N2O4/c1-29-14-21(28)27(12-15-3-7-17(8-4-15)22(23,24)25)13-19-11-20(26-31-19)16-5-9-18(30-2)10-6-16/h3-10,19H,11-14H2,1-2H3. The second-order valence-electron chi connectivity index (χ2n) is 7.10. The van der Waals surface area contributed by atoms with Crippen LogP contribution in [-0.4, -0.2) is 50.0 Å². The Labute approximate surface area is 178 Å². The molecule has 1 amide bonds. The second-order valence-corrected chi connectivity index (χ2v) is 7.10. The molecule has 1 heterocycles. The molecule has 9 heteroatoms. The van der Waals surface area contributed by atoms with Gasteiger partial charge in [0.05, 0.1) is 24.9 Å². The maximum Gasteiger partial charge on any atom is 0.416 e. The van der Waals surface area contributed by atoms with Gasteiger partial charge < -0.3 is 19.2 Å². The first-order valence-electron chi connectivity index (χ1n) is 9.60. The van der Waals surface area contributed by atoms with Gasteiger partial charge in [0.1, 0.15) is 12.4 Å². The fourth-order valence-electron chi connectivity index (χ4n) is 3.21. The number of rotatable bonds is 8. The number of amides is 1. The molecule has 31 heavy (non-hydrogen) atoms. The number of nitrogens with zero attached hydrogens (tertiary/aromatic N) is 2. The molecule has 0 saturated heterocycles. The van der Waals surface area contributed by atoms with Crippen molar-refractivity contribution in [3.8, 4) is 5.75 Å². The van der Waals surface area contributed by atoms with Gasteiger partial charge in [-0.2, -0.15) is 13.2 Å². The first kappa shape index (κ1) is 22.6. The highest BCUT2D eigenvalue weighted by Gasteiger charge is 2.30. The number of ether oxygens (including phenoxy) is 2. The second kappa shape index (κ2) is 9.82. The van der Waals surface area contributed by atoms with E-state index in [-0.39, 0.29) is 31.7 Å². The molecule has 0 fully saturated rings. The summed E-state index contributed by atoms with van der Waals surface area (Å²) < 4.78 is 48.4. The van der Waals surface area contributed by atoms with Crippen molar-refractivity contribution in [2.24, 2.45) is 5.16 Å². The molecule has 0 N–H and O–H groups in total. The molecule has 1 atom stereocenters. The number of alkyl halides is 3. The van der Waals surface area contributed by atoms with Crippen LogP contribution in [0, 0.1) is 0 Å². The Morgan fingerprint density at radius 2 is 1.81 bits per heavy atom. The van der Waals surface area contributed by atoms with Crippen LogP contribution in [0.25, 0.3) is 0 Å². The van der Waals surface area contributed by atoms with E-state index in [0.717, 1.165) is 29.2 Å². The highest BCUT2D eigenvalue weighted by Crippen LogP contribution is 2.29. The minimum absolute atomic E-state index is 0.137. The third-order valence-corrected chi connectivity index (χ3v) is 4.86. The van der Waals surface area contributed by atoms with E-state index in [1.165, 1.54) is 24.1 Å². The average Bonchev–Trinajstić information content (AvgIpc) is 3.22. The van der Waals surface area contributed by atoms with E-state index in [9.17, 15) is 18.0 Å². The van der Waals surface area contributed by atoms with Crippen LogP contribution in [0.15, 0.2) is 53.7 Å². The number of carbonyl (C=O) groups is 1. The molecule has 6 nitrogen and oxygen atoms in total. The van der Waals surface area contributed by atoms with Gasteiger partial charge in [0, 0.05) is 20.1 Å². The van der Waals surface area contributed by atoms with Crippen LogP contribution in [-0.2, 0) is 27.1 Å². The molecule has 0 radical (unpaired) electrons. The molecule has 1 unspecified atom stereocenters. The van der Waals surface area contributed by atoms with E-state index < -0.39 is 11.7 Å². The van der Waals surface area contributed by atoms with Crippen LogP contribution in [0.1, 0.15) is 23.1 Å². The van der Waals surface area contributed by atoms with Crippen LogP contribution in [0.5, 0.6) is 5.75 Å². The summed E-state index contributed by atoms with van der Waals surface area (Å²) in [6.07, 6.45) is -4.28. The van der Waals surface area contributed by atoms with E-state index in [0.29, 0.717) is 12.0 Å². The lowest BCUT2D eigenvalue weighted by Gasteiger charge is -2.25. The van der Waals surface area contributed by atoms with E-state index >= 15 is 0 Å². The van der Waals surface area contributed by atoms with E-state index in [1.807, 2.05) is 24.3 Å². The Morgan fingerprint density at radius 3 is 2.39 bits per heavy atom. The van der Waals surface area contributed by atoms with E-state index in [4.69, 9.17) is 14.3 Å². The van der Waals surface area contributed by atoms with Crippen molar-refractivity contribution in [1.82, 2.24) is 4.90 Å². The molecule has 0 spiro atoms. The number of halogens is 3. The summed E-state index contributed by atoms with van der Waals surface area (Å²) in [5, 5.41) is 4.13. The Kier molecular flexibility index (Phi) is 7.17. The van der Waals surface area contributed by atoms with Crippen molar-refractivity contribution in [2.75, 3.05) is 27.4 Å². The highest BCUT2D eigenvalue weighted by atomic mass is 19.4. The smallest absolute Gasteiger partial charge is 0.416 e. The van der Waals surface area contributed by atoms with Gasteiger partial charge in [-0.25, -0.2) is 0 Å². The van der Waals surface area contributed by atoms with Crippen molar-refractivity contribution in [2.45, 2.75) is 25.2 Å². The molecule has 0 bridgehead atoms. The molecule has 3 rings (SSSR count). The third kappa shape index (κ3) is 5.97. The molecule has 166 valence electrons. The zero-order valence-corrected chi connectivity index (χ0v) is 17.2. The van der Waals surface area contributed by atoms with Crippen LogP contribution in [0.2, 0.25) is 0 Å². The van der Waals surface area contributed by atoms with Crippen LogP contribution >= 0.6 is 0 Å². The molecule has 1 aliphatic heterocycles. The monoisotopic (exact) mass is 436 g/mol. The van der Waals surface area contributed by atoms with Gasteiger partial charge >= 0.3 is 6.18 Å². The number of carbonyl (C=O) groups excluding carboxylic acids is 1. The van der Waals surface area contributed by atoms with Gasteiger partial charge in [-0.05, 0) is 47.5 Å². The minimum atomic E-state index is -4.41. The summed E-state index contributed by atoms with van der Waals surface area (Å²) in [6.45, 7) is 0.226. The average molecular weight is 436 g/mol. The lowest BCUT2D eigenvalue weighted by atomic mass is 10.0. The molecule has 2 aromatic rings. The van der Waals surface area contributed by atoms with Crippen LogP contribution in [0.4, 0.5) is 13.2 Å². The minimum Gasteiger partial charge on any atom is -0.497 e. The van der Waals surface area contributed by atoms with Crippen molar-refractivity contribution in [3.05, 3.63) is 65.2 Å². The Bertz CT molecular complexity index is 912. The molecular weight excluding hydrogens is 413 g/mol. The van der Waals surface area contributed by atoms with Gasteiger partial charge in [0.15, 0.2) is 6.10 Å². The molecule has 2 aromatic carbocycles. The lowest BCUT2D eigenvalue weighted by Crippen LogP contribution is -2.39. The van der Waals surface area contributed by atoms with Crippen molar-refractivity contribution >= 4 is 11.6 Å². The van der Waals surface area contributed by atoms with Crippen molar-refractivity contribution in [1.29, 1.82) is 0 Å². The summed E-state index contributed by atoms with van der Waals surface area (Å²) in [5.41, 5.74) is 1.48. The van der Waals surface area contributed by atoms with Crippen LogP contribution in [0.3, 0.4) is 0 Å². The highest BCUT2D eigenvalue weighted by molar-refractivity contribution is 6.01. The molecule has 0 saturated carbocycles. The van der Waals surface area contributed by atoms with E-state index in [1.54, 1.807) is 7.11 Å². The Balaban J connectivity index is 1.65. The number of hydrogen-bond donors (Lipinski definition) is 0. The topological polar surface area (TPSA) is 60.4 Å². The SMILES string of the molecule is COCC(=O)N(Cc1ccc(C(F)(F)F)cc1)CC1CC(c2ccc(OC)cc2)=NO1. The predicted molar refractivity (Wildman–Crippen MR) is 108 cm³/mol. The predicted octanol–water partition coefficient (Wildman–Crippen LogP) is 3.88. The first-order chi connectivity index (χ1) is 14.8. The Morgan fingerprint density at radius 1 is 1.13 bits per heavy atom. The summed E-state index contributed by atoms with van der Waals surface area (Å²) in [4.78, 5) is 19.5. The molecule has 0 aliphatic carbocycles. The number of oxime groups is 1. The van der Waals surface area contributed by atoms with Gasteiger partial charge in [0.2, 0.25) is 5.91 Å². The molecular formula is C22H23F3N2O4. The maximum atomic E-state index is 12.8. The van der Waals surface area contributed by atoms with Gasteiger partial charge in [-0.3, -0.25) is 4.79 Å². The number of benzene rings is 2. The first-order valence-corrected chi connectivity index (χ1v) is 9.60. The molecule has 1 aliphatic rings. The van der Waals surface area contributed by atoms with Crippen LogP contribution < -0.4 is 4.74 Å². The largest absolute Gasteiger partial charge is 0.497 e. The molecule has 0 aromatic heterocycles. The van der Waals surface area contributed by atoms with Gasteiger partial charge in [-0.1, -0.05) is 17.3 Å². The summed E-state index contributed by atoms with van der Waals surface area (Å²) >= 11 is 0. The number of hydrogen-bond acceptors (Lipinski definition) is 5. The third-order valence-electron chi connectivity index (χ3n) is 4.86. The summed E-state index contributed by atoms with van der Waals surface area (Å²) in [6, 6.07) is 12.1. The van der Waals surface area contributed by atoms with Gasteiger partial charge in [0.25, 0.3) is 0 Å². The van der Waals surface area contributed by atoms with Crippen molar-refractivity contribution < 1.29 is 32.3 Å². The normalized spacial score (nSPS) is 15.9. The number of methoxy groups -OCH3 is 2. The summed E-state index contributed by atoms with van der Waals surface area (Å²) in [5.74, 6) is 0.441. The lowest BCUT2D eigenvalue weighted by molar-refractivity contribution is -0.138. The zero-order chi connectivity index (χ0) is 22.4. The maximum absolute atomic E-state index is 12.8. The van der Waals surface area contributed by atoms with Crippen molar-refractivity contribution in [3.63, 3.8) is 0 Å². The van der Waals surface area contributed by atoms with Gasteiger partial charge in [-0.15, -0.1) is 0 Å². The summed E-state index contributed by atoms with van der Waals surface area (Å²) in [7, 11) is 2.99. The Hall–Kier alpha value is -3.07. The zero-order valence-electron chi connectivity index (χ0n) is 17.2. The fourth-order valence-corrected chi connectivity index (χ4v) is 3.21. The fraction of sp³-hybridized carbons (Fsp3) is 0.364. The van der Waals surface area contributed by atoms with E-state index in [2.05, 4.69) is 5.16 Å². The quantitative estimate of drug-likeness (QED) is 0.630.